The zero-order chi connectivity index (χ0) is 26.7. The van der Waals surface area contributed by atoms with Gasteiger partial charge in [-0.15, -0.1) is 11.3 Å². The molecule has 1 aliphatic carbocycles. The average Bonchev–Trinajstić information content (AvgIpc) is 3.44. The monoisotopic (exact) mass is 548 g/mol. The number of hydrogen-bond donors (Lipinski definition) is 2. The lowest BCUT2D eigenvalue weighted by Crippen LogP contribution is -2.45. The molecule has 0 unspecified atom stereocenters. The van der Waals surface area contributed by atoms with Crippen molar-refractivity contribution in [1.29, 1.82) is 0 Å². The van der Waals surface area contributed by atoms with Crippen LogP contribution in [0.4, 0.5) is 10.9 Å². The maximum absolute atomic E-state index is 13.3. The maximum atomic E-state index is 13.3. The summed E-state index contributed by atoms with van der Waals surface area (Å²) in [6.45, 7) is 4.16. The van der Waals surface area contributed by atoms with E-state index in [1.54, 1.807) is 6.20 Å². The molecule has 10 nitrogen and oxygen atoms in total. The normalized spacial score (nSPS) is 14.7. The number of carbonyl (C=O) groups is 2. The average molecular weight is 549 g/mol. The van der Waals surface area contributed by atoms with Crippen molar-refractivity contribution in [3.8, 4) is 0 Å². The van der Waals surface area contributed by atoms with Gasteiger partial charge in [0.1, 0.15) is 12.1 Å². The zero-order valence-electron chi connectivity index (χ0n) is 22.0. The van der Waals surface area contributed by atoms with Crippen LogP contribution < -0.4 is 10.6 Å². The minimum atomic E-state index is -0.437. The number of nitrogens with zero attached hydrogens (tertiary/aromatic N) is 2. The van der Waals surface area contributed by atoms with Crippen molar-refractivity contribution in [1.82, 2.24) is 15.3 Å². The van der Waals surface area contributed by atoms with Gasteiger partial charge >= 0.3 is 0 Å². The summed E-state index contributed by atoms with van der Waals surface area (Å²) in [5.41, 5.74) is 0.472. The predicted octanol–water partition coefficient (Wildman–Crippen LogP) is 3.55. The lowest BCUT2D eigenvalue weighted by molar-refractivity contribution is -0.133. The van der Waals surface area contributed by atoms with Crippen LogP contribution in [-0.2, 0) is 35.0 Å². The number of aldehydes is 1. The van der Waals surface area contributed by atoms with Crippen LogP contribution in [0.3, 0.4) is 0 Å². The Bertz CT molecular complexity index is 924. The van der Waals surface area contributed by atoms with E-state index in [-0.39, 0.29) is 5.91 Å². The molecular weight excluding hydrogens is 508 g/mol. The fourth-order valence-corrected chi connectivity index (χ4v) is 4.96. The minimum Gasteiger partial charge on any atom is -0.379 e. The van der Waals surface area contributed by atoms with Crippen LogP contribution >= 0.6 is 11.3 Å². The molecule has 2 aromatic rings. The van der Waals surface area contributed by atoms with Crippen LogP contribution in [0.1, 0.15) is 44.2 Å². The van der Waals surface area contributed by atoms with Gasteiger partial charge in [0, 0.05) is 36.7 Å². The molecule has 3 rings (SSSR count). The molecule has 2 aromatic heterocycles. The lowest BCUT2D eigenvalue weighted by atomic mass is 9.70. The lowest BCUT2D eigenvalue weighted by Gasteiger charge is -2.35. The van der Waals surface area contributed by atoms with E-state index in [4.69, 9.17) is 23.9 Å². The molecular formula is C27H40N4O6S. The van der Waals surface area contributed by atoms with Crippen molar-refractivity contribution in [2.75, 3.05) is 64.7 Å². The molecule has 2 heterocycles. The van der Waals surface area contributed by atoms with Gasteiger partial charge in [-0.05, 0) is 25.0 Å². The highest BCUT2D eigenvalue weighted by molar-refractivity contribution is 7.13. The number of ether oxygens (including phenoxy) is 4. The van der Waals surface area contributed by atoms with E-state index in [1.807, 2.05) is 23.6 Å². The van der Waals surface area contributed by atoms with Gasteiger partial charge in [-0.25, -0.2) is 9.97 Å². The second kappa shape index (κ2) is 18.0. The molecule has 0 saturated heterocycles. The van der Waals surface area contributed by atoms with E-state index in [0.29, 0.717) is 72.2 Å². The van der Waals surface area contributed by atoms with Gasteiger partial charge in [-0.3, -0.25) is 4.79 Å². The van der Waals surface area contributed by atoms with E-state index < -0.39 is 5.41 Å². The number of thiazole rings is 1. The van der Waals surface area contributed by atoms with Crippen molar-refractivity contribution in [3.63, 3.8) is 0 Å². The Hall–Kier alpha value is -2.44. The van der Waals surface area contributed by atoms with E-state index in [0.717, 1.165) is 55.0 Å². The quantitative estimate of drug-likeness (QED) is 0.189. The number of rotatable bonds is 20. The van der Waals surface area contributed by atoms with Gasteiger partial charge in [-0.1, -0.05) is 25.3 Å². The van der Waals surface area contributed by atoms with E-state index >= 15 is 0 Å². The van der Waals surface area contributed by atoms with Crippen molar-refractivity contribution >= 4 is 34.5 Å². The number of nitrogens with one attached hydrogen (secondary N) is 2. The second-order valence-corrected chi connectivity index (χ2v) is 10.0. The molecule has 38 heavy (non-hydrogen) atoms. The summed E-state index contributed by atoms with van der Waals surface area (Å²) in [5, 5.41) is 9.05. The van der Waals surface area contributed by atoms with Gasteiger partial charge in [-0.2, -0.15) is 0 Å². The molecule has 1 amide bonds. The van der Waals surface area contributed by atoms with Crippen LogP contribution in [0.5, 0.6) is 0 Å². The maximum Gasteiger partial charge on any atom is 0.226 e. The van der Waals surface area contributed by atoms with E-state index in [1.165, 1.54) is 11.3 Å². The predicted molar refractivity (Wildman–Crippen MR) is 146 cm³/mol. The first-order valence-corrected chi connectivity index (χ1v) is 14.3. The topological polar surface area (TPSA) is 121 Å². The van der Waals surface area contributed by atoms with Gasteiger partial charge < -0.3 is 34.4 Å². The first kappa shape index (κ1) is 30.1. The van der Waals surface area contributed by atoms with Crippen LogP contribution in [0.15, 0.2) is 29.8 Å². The van der Waals surface area contributed by atoms with Crippen LogP contribution in [0.2, 0.25) is 0 Å². The first-order chi connectivity index (χ1) is 18.7. The molecule has 0 bridgehead atoms. The Kier molecular flexibility index (Phi) is 14.2. The number of aromatic nitrogens is 2. The van der Waals surface area contributed by atoms with Crippen LogP contribution in [0.25, 0.3) is 0 Å². The van der Waals surface area contributed by atoms with Crippen molar-refractivity contribution in [2.45, 2.75) is 44.9 Å². The summed E-state index contributed by atoms with van der Waals surface area (Å²) in [6, 6.07) is 5.89. The molecule has 1 aliphatic rings. The highest BCUT2D eigenvalue weighted by Gasteiger charge is 2.39. The third kappa shape index (κ3) is 11.1. The molecule has 1 fully saturated rings. The SMILES string of the molecule is O=CCCOCCOCCOCCOCCNC(=O)C1(Cc2cccc(Nc3nccs3)n2)CCCCC1. The fourth-order valence-electron chi connectivity index (χ4n) is 4.42. The molecule has 210 valence electrons. The summed E-state index contributed by atoms with van der Waals surface area (Å²) in [5.74, 6) is 0.829. The van der Waals surface area contributed by atoms with Crippen molar-refractivity contribution in [2.24, 2.45) is 5.41 Å². The highest BCUT2D eigenvalue weighted by Crippen LogP contribution is 2.39. The molecule has 1 saturated carbocycles. The third-order valence-electron chi connectivity index (χ3n) is 6.31. The molecule has 0 atom stereocenters. The zero-order valence-corrected chi connectivity index (χ0v) is 22.8. The Morgan fingerprint density at radius 3 is 2.29 bits per heavy atom. The summed E-state index contributed by atoms with van der Waals surface area (Å²) in [6.07, 6.45) is 8.62. The Labute approximate surface area is 228 Å². The molecule has 0 radical (unpaired) electrons. The molecule has 11 heteroatoms. The number of pyridine rings is 1. The summed E-state index contributed by atoms with van der Waals surface area (Å²) in [4.78, 5) is 32.5. The van der Waals surface area contributed by atoms with Crippen LogP contribution in [-0.4, -0.2) is 81.6 Å². The number of amides is 1. The summed E-state index contributed by atoms with van der Waals surface area (Å²) >= 11 is 1.52. The second-order valence-electron chi connectivity index (χ2n) is 9.15. The van der Waals surface area contributed by atoms with Crippen molar-refractivity contribution in [3.05, 3.63) is 35.5 Å². The fraction of sp³-hybridized carbons (Fsp3) is 0.630. The van der Waals surface area contributed by atoms with Gasteiger partial charge in [0.25, 0.3) is 0 Å². The standard InChI is InChI=1S/C27H40N4O6S/c32-12-5-13-34-15-17-36-19-20-37-18-16-35-14-10-28-25(33)27(8-2-1-3-9-27)22-23-6-4-7-24(30-23)31-26-29-11-21-38-26/h4,6-7,11-12,21H,1-3,5,8-10,13-20,22H2,(H,28,33)(H,29,30,31). The van der Waals surface area contributed by atoms with Gasteiger partial charge in [0.2, 0.25) is 5.91 Å². The van der Waals surface area contributed by atoms with Gasteiger partial charge in [0.15, 0.2) is 5.13 Å². The molecule has 2 N–H and O–H groups in total. The Morgan fingerprint density at radius 2 is 1.63 bits per heavy atom. The third-order valence-corrected chi connectivity index (χ3v) is 7.00. The smallest absolute Gasteiger partial charge is 0.226 e. The number of anilines is 2. The van der Waals surface area contributed by atoms with E-state index in [2.05, 4.69) is 15.6 Å². The Morgan fingerprint density at radius 1 is 0.947 bits per heavy atom. The largest absolute Gasteiger partial charge is 0.379 e. The van der Waals surface area contributed by atoms with E-state index in [9.17, 15) is 9.59 Å². The minimum absolute atomic E-state index is 0.0874. The molecule has 0 aromatic carbocycles. The molecule has 0 spiro atoms. The summed E-state index contributed by atoms with van der Waals surface area (Å²) in [7, 11) is 0. The molecule has 0 aliphatic heterocycles. The van der Waals surface area contributed by atoms with Crippen LogP contribution in [0, 0.1) is 5.41 Å². The first-order valence-electron chi connectivity index (χ1n) is 13.4. The van der Waals surface area contributed by atoms with Crippen molar-refractivity contribution < 1.29 is 28.5 Å². The Balaban J connectivity index is 1.30. The van der Waals surface area contributed by atoms with Gasteiger partial charge in [0.05, 0.1) is 58.3 Å². The number of hydrogen-bond acceptors (Lipinski definition) is 10. The highest BCUT2D eigenvalue weighted by atomic mass is 32.1. The number of carbonyl (C=O) groups excluding carboxylic acids is 2. The summed E-state index contributed by atoms with van der Waals surface area (Å²) < 4.78 is 21.7.